The summed E-state index contributed by atoms with van der Waals surface area (Å²) in [4.78, 5) is 38.6. The third-order valence-electron chi connectivity index (χ3n) is 5.00. The Morgan fingerprint density at radius 2 is 1.76 bits per heavy atom. The van der Waals surface area contributed by atoms with Crippen molar-refractivity contribution in [1.82, 2.24) is 0 Å². The molecule has 7 nitrogen and oxygen atoms in total. The summed E-state index contributed by atoms with van der Waals surface area (Å²) in [6.45, 7) is 7.52. The van der Waals surface area contributed by atoms with Crippen molar-refractivity contribution in [2.75, 3.05) is 22.9 Å². The molecule has 3 rings (SSSR count). The minimum Gasteiger partial charge on any atom is -0.365 e. The molecule has 0 radical (unpaired) electrons. The Labute approximate surface area is 146 Å². The van der Waals surface area contributed by atoms with Gasteiger partial charge in [0.15, 0.2) is 0 Å². The third kappa shape index (κ3) is 3.23. The summed E-state index contributed by atoms with van der Waals surface area (Å²) >= 11 is 0. The van der Waals surface area contributed by atoms with Gasteiger partial charge in [0.25, 0.3) is 5.69 Å². The number of anilines is 2. The van der Waals surface area contributed by atoms with E-state index in [0.29, 0.717) is 17.5 Å². The van der Waals surface area contributed by atoms with E-state index in [2.05, 4.69) is 13.8 Å². The molecule has 0 aromatic heterocycles. The van der Waals surface area contributed by atoms with Gasteiger partial charge < -0.3 is 4.90 Å². The number of nitro benzene ring substituents is 1. The van der Waals surface area contributed by atoms with Crippen LogP contribution in [0.1, 0.15) is 33.6 Å². The van der Waals surface area contributed by atoms with Crippen LogP contribution in [0.15, 0.2) is 18.2 Å². The number of imide groups is 1. The number of amides is 2. The standard InChI is InChI=1S/C18H23N3O4/c1-11-6-12(2)10-19(9-11)15-5-4-14(8-16(15)21(24)25)20-17(22)7-13(3)18(20)23/h4-5,8,11-13H,6-7,9-10H2,1-3H3/t11-,12-,13+/m1/s1. The summed E-state index contributed by atoms with van der Waals surface area (Å²) < 4.78 is 0. The van der Waals surface area contributed by atoms with Crippen molar-refractivity contribution < 1.29 is 14.5 Å². The van der Waals surface area contributed by atoms with Crippen LogP contribution in [0.25, 0.3) is 0 Å². The molecule has 134 valence electrons. The molecule has 0 bridgehead atoms. The van der Waals surface area contributed by atoms with Gasteiger partial charge >= 0.3 is 0 Å². The van der Waals surface area contributed by atoms with Crippen LogP contribution in [0.3, 0.4) is 0 Å². The first-order chi connectivity index (χ1) is 11.8. The minimum absolute atomic E-state index is 0.0565. The van der Waals surface area contributed by atoms with Gasteiger partial charge in [-0.15, -0.1) is 0 Å². The van der Waals surface area contributed by atoms with Crippen molar-refractivity contribution in [2.45, 2.75) is 33.6 Å². The highest BCUT2D eigenvalue weighted by Crippen LogP contribution is 2.37. The average molecular weight is 345 g/mol. The van der Waals surface area contributed by atoms with Gasteiger partial charge in [0.2, 0.25) is 11.8 Å². The van der Waals surface area contributed by atoms with Gasteiger partial charge in [0.1, 0.15) is 5.69 Å². The zero-order valence-electron chi connectivity index (χ0n) is 14.8. The highest BCUT2D eigenvalue weighted by Gasteiger charge is 2.38. The maximum atomic E-state index is 12.2. The lowest BCUT2D eigenvalue weighted by atomic mass is 9.91. The lowest BCUT2D eigenvalue weighted by Gasteiger charge is -2.36. The van der Waals surface area contributed by atoms with Crippen LogP contribution in [-0.4, -0.2) is 29.8 Å². The highest BCUT2D eigenvalue weighted by atomic mass is 16.6. The van der Waals surface area contributed by atoms with E-state index in [9.17, 15) is 19.7 Å². The molecule has 2 amide bonds. The number of carbonyl (C=O) groups excluding carboxylic acids is 2. The van der Waals surface area contributed by atoms with Gasteiger partial charge in [-0.3, -0.25) is 24.6 Å². The Bertz CT molecular complexity index is 723. The van der Waals surface area contributed by atoms with Crippen LogP contribution in [-0.2, 0) is 9.59 Å². The topological polar surface area (TPSA) is 83.8 Å². The molecule has 2 fully saturated rings. The Morgan fingerprint density at radius 1 is 1.12 bits per heavy atom. The van der Waals surface area contributed by atoms with E-state index in [0.717, 1.165) is 24.4 Å². The average Bonchev–Trinajstić information content (AvgIpc) is 2.78. The SMILES string of the molecule is C[C@@H]1C[C@@H](C)CN(c2ccc(N3C(=O)C[C@H](C)C3=O)cc2[N+](=O)[O-])C1. The number of rotatable bonds is 3. The second kappa shape index (κ2) is 6.46. The molecule has 2 saturated heterocycles. The van der Waals surface area contributed by atoms with E-state index in [-0.39, 0.29) is 35.5 Å². The van der Waals surface area contributed by atoms with E-state index in [1.807, 2.05) is 4.90 Å². The lowest BCUT2D eigenvalue weighted by molar-refractivity contribution is -0.384. The smallest absolute Gasteiger partial charge is 0.294 e. The fourth-order valence-electron chi connectivity index (χ4n) is 3.98. The Balaban J connectivity index is 1.98. The van der Waals surface area contributed by atoms with Gasteiger partial charge in [-0.05, 0) is 30.4 Å². The molecule has 2 heterocycles. The van der Waals surface area contributed by atoms with E-state index in [4.69, 9.17) is 0 Å². The number of carbonyl (C=O) groups is 2. The van der Waals surface area contributed by atoms with Gasteiger partial charge in [-0.2, -0.15) is 0 Å². The Kier molecular flexibility index (Phi) is 4.49. The molecule has 1 aromatic carbocycles. The molecule has 0 N–H and O–H groups in total. The largest absolute Gasteiger partial charge is 0.365 e. The molecular weight excluding hydrogens is 322 g/mol. The second-order valence-corrected chi connectivity index (χ2v) is 7.45. The number of hydrogen-bond donors (Lipinski definition) is 0. The molecule has 7 heteroatoms. The summed E-state index contributed by atoms with van der Waals surface area (Å²) in [6, 6.07) is 4.66. The van der Waals surface area contributed by atoms with Crippen molar-refractivity contribution in [3.8, 4) is 0 Å². The number of hydrogen-bond acceptors (Lipinski definition) is 5. The molecule has 0 unspecified atom stereocenters. The Morgan fingerprint density at radius 3 is 2.28 bits per heavy atom. The van der Waals surface area contributed by atoms with E-state index in [1.165, 1.54) is 6.07 Å². The quantitative estimate of drug-likeness (QED) is 0.478. The predicted octanol–water partition coefficient (Wildman–Crippen LogP) is 2.98. The molecule has 0 saturated carbocycles. The predicted molar refractivity (Wildman–Crippen MR) is 94.5 cm³/mol. The number of nitrogens with zero attached hydrogens (tertiary/aromatic N) is 3. The summed E-state index contributed by atoms with van der Waals surface area (Å²) in [6.07, 6.45) is 1.26. The monoisotopic (exact) mass is 345 g/mol. The molecule has 2 aliphatic rings. The number of benzene rings is 1. The van der Waals surface area contributed by atoms with Crippen LogP contribution in [0.4, 0.5) is 17.1 Å². The minimum atomic E-state index is -0.433. The number of nitro groups is 1. The first-order valence-corrected chi connectivity index (χ1v) is 8.68. The molecule has 1 aromatic rings. The first kappa shape index (κ1) is 17.4. The van der Waals surface area contributed by atoms with Crippen molar-refractivity contribution in [1.29, 1.82) is 0 Å². The van der Waals surface area contributed by atoms with Gasteiger partial charge in [-0.1, -0.05) is 20.8 Å². The fraction of sp³-hybridized carbons (Fsp3) is 0.556. The molecule has 0 spiro atoms. The zero-order chi connectivity index (χ0) is 18.3. The van der Waals surface area contributed by atoms with E-state index >= 15 is 0 Å². The van der Waals surface area contributed by atoms with Crippen LogP contribution in [0, 0.1) is 27.9 Å². The van der Waals surface area contributed by atoms with Crippen molar-refractivity contribution in [3.05, 3.63) is 28.3 Å². The summed E-state index contributed by atoms with van der Waals surface area (Å²) in [5, 5.41) is 11.6. The first-order valence-electron chi connectivity index (χ1n) is 8.68. The van der Waals surface area contributed by atoms with Gasteiger partial charge in [0, 0.05) is 31.5 Å². The van der Waals surface area contributed by atoms with Gasteiger partial charge in [0.05, 0.1) is 10.6 Å². The molecule has 2 aliphatic heterocycles. The Hall–Kier alpha value is -2.44. The summed E-state index contributed by atoms with van der Waals surface area (Å²) in [5.74, 6) is -0.0571. The number of piperidine rings is 1. The summed E-state index contributed by atoms with van der Waals surface area (Å²) in [7, 11) is 0. The molecule has 3 atom stereocenters. The molecule has 25 heavy (non-hydrogen) atoms. The van der Waals surface area contributed by atoms with Crippen LogP contribution < -0.4 is 9.80 Å². The van der Waals surface area contributed by atoms with Crippen molar-refractivity contribution in [3.63, 3.8) is 0 Å². The molecular formula is C18H23N3O4. The normalized spacial score (nSPS) is 27.1. The lowest BCUT2D eigenvalue weighted by Crippen LogP contribution is -2.39. The van der Waals surface area contributed by atoms with Gasteiger partial charge in [-0.25, -0.2) is 0 Å². The fourth-order valence-corrected chi connectivity index (χ4v) is 3.98. The van der Waals surface area contributed by atoms with Crippen LogP contribution in [0.5, 0.6) is 0 Å². The second-order valence-electron chi connectivity index (χ2n) is 7.45. The van der Waals surface area contributed by atoms with Crippen LogP contribution >= 0.6 is 0 Å². The zero-order valence-corrected chi connectivity index (χ0v) is 14.8. The third-order valence-corrected chi connectivity index (χ3v) is 5.00. The highest BCUT2D eigenvalue weighted by molar-refractivity contribution is 6.21. The van der Waals surface area contributed by atoms with Crippen molar-refractivity contribution >= 4 is 28.9 Å². The van der Waals surface area contributed by atoms with E-state index < -0.39 is 4.92 Å². The van der Waals surface area contributed by atoms with Crippen molar-refractivity contribution in [2.24, 2.45) is 17.8 Å². The summed E-state index contributed by atoms with van der Waals surface area (Å²) in [5.41, 5.74) is 0.783. The van der Waals surface area contributed by atoms with E-state index in [1.54, 1.807) is 19.1 Å². The molecule has 0 aliphatic carbocycles. The van der Waals surface area contributed by atoms with Crippen LogP contribution in [0.2, 0.25) is 0 Å². The maximum Gasteiger partial charge on any atom is 0.294 e. The maximum absolute atomic E-state index is 12.2.